The third-order valence-corrected chi connectivity index (χ3v) is 10.4. The fraction of sp³-hybridized carbons (Fsp3) is 0.951. The van der Waals surface area contributed by atoms with Crippen LogP contribution in [0.1, 0.15) is 204 Å². The number of methoxy groups -OCH3 is 1. The van der Waals surface area contributed by atoms with E-state index in [4.69, 9.17) is 4.74 Å². The minimum atomic E-state index is 0.0461. The summed E-state index contributed by atoms with van der Waals surface area (Å²) < 4.78 is 5.56. The molecule has 0 amide bonds. The van der Waals surface area contributed by atoms with Crippen molar-refractivity contribution in [3.63, 3.8) is 0 Å². The Bertz CT molecular complexity index is 616. The van der Waals surface area contributed by atoms with Crippen molar-refractivity contribution < 1.29 is 4.74 Å². The third-order valence-electron chi connectivity index (χ3n) is 10.4. The quantitative estimate of drug-likeness (QED) is 0.0622. The number of hydrogen-bond acceptors (Lipinski definition) is 1. The van der Waals surface area contributed by atoms with Gasteiger partial charge in [-0.2, -0.15) is 0 Å². The summed E-state index contributed by atoms with van der Waals surface area (Å²) in [5, 5.41) is 0. The molecule has 5 atom stereocenters. The highest BCUT2D eigenvalue weighted by molar-refractivity contribution is 4.97. The van der Waals surface area contributed by atoms with Gasteiger partial charge in [-0.25, -0.2) is 0 Å². The largest absolute Gasteiger partial charge is 0.379 e. The van der Waals surface area contributed by atoms with Gasteiger partial charge in [-0.3, -0.25) is 0 Å². The molecular weight excluding hydrogens is 508 g/mol. The molecule has 0 fully saturated rings. The lowest BCUT2D eigenvalue weighted by Gasteiger charge is -2.23. The van der Waals surface area contributed by atoms with E-state index < -0.39 is 0 Å². The Kier molecular flexibility index (Phi) is 25.8. The maximum atomic E-state index is 5.56. The van der Waals surface area contributed by atoms with E-state index in [2.05, 4.69) is 75.3 Å². The number of ether oxygens (including phenoxy) is 1. The van der Waals surface area contributed by atoms with Crippen LogP contribution in [0.25, 0.3) is 0 Å². The van der Waals surface area contributed by atoms with E-state index in [9.17, 15) is 0 Å². The first-order valence-electron chi connectivity index (χ1n) is 19.0. The predicted octanol–water partition coefficient (Wildman–Crippen LogP) is 14.4. The molecule has 0 spiro atoms. The van der Waals surface area contributed by atoms with Crippen molar-refractivity contribution in [1.29, 1.82) is 0 Å². The zero-order chi connectivity index (χ0) is 31.8. The number of rotatable bonds is 29. The molecule has 0 radical (unpaired) electrons. The molecule has 5 unspecified atom stereocenters. The summed E-state index contributed by atoms with van der Waals surface area (Å²) in [7, 11) is 1.84. The smallest absolute Gasteiger partial charge is 0.0622 e. The maximum absolute atomic E-state index is 5.56. The van der Waals surface area contributed by atoms with Crippen molar-refractivity contribution in [2.75, 3.05) is 7.11 Å². The number of hydrogen-bond donors (Lipinski definition) is 0. The highest BCUT2D eigenvalue weighted by Gasteiger charge is 2.16. The minimum absolute atomic E-state index is 0.0461. The molecule has 0 aliphatic heterocycles. The maximum Gasteiger partial charge on any atom is 0.0622 e. The van der Waals surface area contributed by atoms with Crippen molar-refractivity contribution in [1.82, 2.24) is 0 Å². The van der Waals surface area contributed by atoms with Gasteiger partial charge in [-0.15, -0.1) is 0 Å². The Hall–Kier alpha value is -0.300. The summed E-state index contributed by atoms with van der Waals surface area (Å²) in [6, 6.07) is 0. The van der Waals surface area contributed by atoms with Crippen LogP contribution in [0.15, 0.2) is 11.6 Å². The topological polar surface area (TPSA) is 9.23 Å². The Morgan fingerprint density at radius 2 is 0.881 bits per heavy atom. The van der Waals surface area contributed by atoms with E-state index in [1.54, 1.807) is 5.57 Å². The van der Waals surface area contributed by atoms with Gasteiger partial charge in [-0.1, -0.05) is 163 Å². The first-order chi connectivity index (χ1) is 19.8. The summed E-state index contributed by atoms with van der Waals surface area (Å²) in [4.78, 5) is 0. The molecule has 0 aliphatic carbocycles. The Morgan fingerprint density at radius 1 is 0.524 bits per heavy atom. The van der Waals surface area contributed by atoms with Crippen molar-refractivity contribution in [3.05, 3.63) is 11.6 Å². The Morgan fingerprint density at radius 3 is 1.29 bits per heavy atom. The minimum Gasteiger partial charge on any atom is -0.379 e. The van der Waals surface area contributed by atoms with E-state index >= 15 is 0 Å². The molecule has 252 valence electrons. The summed E-state index contributed by atoms with van der Waals surface area (Å²) in [5.41, 5.74) is 1.68. The van der Waals surface area contributed by atoms with Crippen molar-refractivity contribution in [2.45, 2.75) is 210 Å². The lowest BCUT2D eigenvalue weighted by atomic mass is 9.90. The molecule has 0 aromatic heterocycles. The van der Waals surface area contributed by atoms with Gasteiger partial charge >= 0.3 is 0 Å². The molecule has 0 aromatic rings. The first kappa shape index (κ1) is 41.7. The van der Waals surface area contributed by atoms with Gasteiger partial charge in [0.2, 0.25) is 0 Å². The summed E-state index contributed by atoms with van der Waals surface area (Å²) >= 11 is 0. The molecule has 0 heterocycles. The van der Waals surface area contributed by atoms with Crippen molar-refractivity contribution >= 4 is 0 Å². The van der Waals surface area contributed by atoms with Gasteiger partial charge in [0, 0.05) is 7.11 Å². The molecule has 42 heavy (non-hydrogen) atoms. The normalized spacial score (nSPS) is 16.5. The molecule has 0 aliphatic rings. The lowest BCUT2D eigenvalue weighted by molar-refractivity contribution is 0.0127. The van der Waals surface area contributed by atoms with E-state index in [0.717, 1.165) is 35.5 Å². The predicted molar refractivity (Wildman–Crippen MR) is 192 cm³/mol. The molecular formula is C41H82O. The summed E-state index contributed by atoms with van der Waals surface area (Å²) in [5.74, 6) is 5.34. The van der Waals surface area contributed by atoms with Crippen molar-refractivity contribution in [2.24, 2.45) is 35.5 Å². The molecule has 0 N–H and O–H groups in total. The van der Waals surface area contributed by atoms with E-state index in [1.807, 2.05) is 7.11 Å². The van der Waals surface area contributed by atoms with Crippen LogP contribution in [-0.4, -0.2) is 12.7 Å². The van der Waals surface area contributed by atoms with Gasteiger partial charge in [0.05, 0.1) is 5.60 Å². The van der Waals surface area contributed by atoms with Gasteiger partial charge < -0.3 is 4.74 Å². The molecule has 1 heteroatoms. The van der Waals surface area contributed by atoms with Crippen LogP contribution < -0.4 is 0 Å². The molecule has 0 saturated carbocycles. The molecule has 0 aromatic carbocycles. The highest BCUT2D eigenvalue weighted by atomic mass is 16.5. The van der Waals surface area contributed by atoms with Crippen LogP contribution in [0.3, 0.4) is 0 Å². The standard InChI is InChI=1S/C41H82O/c1-34(2)20-14-23-37(5)26-17-29-38(6)27-15-24-35(3)21-12-13-22-36(4)25-16-28-39(7)30-18-31-40(8)32-19-33-41(9,10)42-11/h21,34,36-40H,12-20,22-33H2,1-11H3/b35-21+. The van der Waals surface area contributed by atoms with Crippen LogP contribution >= 0.6 is 0 Å². The Labute approximate surface area is 268 Å². The zero-order valence-corrected chi connectivity index (χ0v) is 31.3. The molecule has 0 saturated heterocycles. The molecule has 0 rings (SSSR count). The average Bonchev–Trinajstić information content (AvgIpc) is 2.91. The fourth-order valence-electron chi connectivity index (χ4n) is 6.67. The number of unbranched alkanes of at least 4 members (excludes halogenated alkanes) is 1. The van der Waals surface area contributed by atoms with Crippen LogP contribution in [0.5, 0.6) is 0 Å². The third kappa shape index (κ3) is 27.3. The number of allylic oxidation sites excluding steroid dienone is 2. The van der Waals surface area contributed by atoms with Crippen LogP contribution in [-0.2, 0) is 4.74 Å². The molecule has 0 bridgehead atoms. The van der Waals surface area contributed by atoms with Gasteiger partial charge in [0.1, 0.15) is 0 Å². The van der Waals surface area contributed by atoms with E-state index in [0.29, 0.717) is 0 Å². The SMILES string of the molecule is COC(C)(C)CCCC(C)CCCC(C)CCCC(C)CCC/C=C(\C)CCCC(C)CCCC(C)CCCC(C)C. The zero-order valence-electron chi connectivity index (χ0n) is 31.3. The second-order valence-corrected chi connectivity index (χ2v) is 16.4. The Balaban J connectivity index is 3.75. The van der Waals surface area contributed by atoms with Gasteiger partial charge in [0.25, 0.3) is 0 Å². The monoisotopic (exact) mass is 591 g/mol. The van der Waals surface area contributed by atoms with Gasteiger partial charge in [-0.05, 0) is 88.4 Å². The second kappa shape index (κ2) is 26.0. The van der Waals surface area contributed by atoms with Gasteiger partial charge in [0.15, 0.2) is 0 Å². The summed E-state index contributed by atoms with van der Waals surface area (Å²) in [6.07, 6.45) is 31.6. The van der Waals surface area contributed by atoms with Crippen molar-refractivity contribution in [3.8, 4) is 0 Å². The second-order valence-electron chi connectivity index (χ2n) is 16.4. The highest BCUT2D eigenvalue weighted by Crippen LogP contribution is 2.25. The fourth-order valence-corrected chi connectivity index (χ4v) is 6.67. The van der Waals surface area contributed by atoms with E-state index in [1.165, 1.54) is 135 Å². The van der Waals surface area contributed by atoms with E-state index in [-0.39, 0.29) is 5.60 Å². The molecule has 1 nitrogen and oxygen atoms in total. The first-order valence-corrected chi connectivity index (χ1v) is 19.0. The average molecular weight is 591 g/mol. The van der Waals surface area contributed by atoms with Crippen LogP contribution in [0, 0.1) is 35.5 Å². The van der Waals surface area contributed by atoms with Crippen LogP contribution in [0.2, 0.25) is 0 Å². The summed E-state index contributed by atoms with van der Waals surface area (Å²) in [6.45, 7) is 23.9. The lowest BCUT2D eigenvalue weighted by Crippen LogP contribution is -2.22. The van der Waals surface area contributed by atoms with Crippen LogP contribution in [0.4, 0.5) is 0 Å².